The fraction of sp³-hybridized carbons (Fsp3) is 0. The summed E-state index contributed by atoms with van der Waals surface area (Å²) in [5.74, 6) is 0.722. The van der Waals surface area contributed by atoms with Crippen molar-refractivity contribution >= 4 is 54.4 Å². The van der Waals surface area contributed by atoms with Crippen LogP contribution in [0.5, 0.6) is 0 Å². The van der Waals surface area contributed by atoms with E-state index in [2.05, 4.69) is 103 Å². The van der Waals surface area contributed by atoms with Gasteiger partial charge in [0.15, 0.2) is 5.82 Å². The number of furan rings is 1. The van der Waals surface area contributed by atoms with E-state index in [1.807, 2.05) is 18.2 Å². The van der Waals surface area contributed by atoms with Gasteiger partial charge >= 0.3 is 0 Å². The largest absolute Gasteiger partial charge is 0.456 e. The predicted molar refractivity (Wildman–Crippen MR) is 153 cm³/mol. The van der Waals surface area contributed by atoms with Gasteiger partial charge in [0.1, 0.15) is 11.2 Å². The first-order chi connectivity index (χ1) is 18.3. The zero-order chi connectivity index (χ0) is 24.3. The first-order valence-corrected chi connectivity index (χ1v) is 12.4. The van der Waals surface area contributed by atoms with E-state index in [1.165, 1.54) is 5.39 Å². The number of rotatable bonds is 2. The van der Waals surface area contributed by atoms with E-state index in [9.17, 15) is 0 Å². The van der Waals surface area contributed by atoms with Gasteiger partial charge in [-0.1, -0.05) is 97.1 Å². The Labute approximate surface area is 212 Å². The summed E-state index contributed by atoms with van der Waals surface area (Å²) in [6.07, 6.45) is 0. The highest BCUT2D eigenvalue weighted by atomic mass is 16.3. The summed E-state index contributed by atoms with van der Waals surface area (Å²) in [5.41, 5.74) is 5.77. The minimum Gasteiger partial charge on any atom is -0.456 e. The second-order valence-corrected chi connectivity index (χ2v) is 9.38. The lowest BCUT2D eigenvalue weighted by atomic mass is 9.97. The fourth-order valence-electron chi connectivity index (χ4n) is 5.60. The molecule has 0 bridgehead atoms. The normalized spacial score (nSPS) is 11.8. The number of para-hydroxylation sites is 1. The van der Waals surface area contributed by atoms with Gasteiger partial charge in [0.25, 0.3) is 0 Å². The van der Waals surface area contributed by atoms with E-state index in [1.54, 1.807) is 0 Å². The highest BCUT2D eigenvalue weighted by Crippen LogP contribution is 2.39. The molecule has 8 aromatic rings. The average molecular weight is 473 g/mol. The van der Waals surface area contributed by atoms with Crippen molar-refractivity contribution in [3.63, 3.8) is 0 Å². The van der Waals surface area contributed by atoms with E-state index in [4.69, 9.17) is 14.4 Å². The van der Waals surface area contributed by atoms with E-state index in [-0.39, 0.29) is 0 Å². The van der Waals surface area contributed by atoms with Gasteiger partial charge in [0.05, 0.1) is 11.2 Å². The molecule has 0 radical (unpaired) electrons. The Hall–Kier alpha value is -5.02. The summed E-state index contributed by atoms with van der Waals surface area (Å²) < 4.78 is 6.15. The SMILES string of the molecule is c1ccc(-c2nc(-c3cccc4c3ccc3oc5ccccc5c34)nc3ccc4ccccc4c23)cc1. The molecule has 0 amide bonds. The van der Waals surface area contributed by atoms with Crippen LogP contribution in [-0.4, -0.2) is 9.97 Å². The summed E-state index contributed by atoms with van der Waals surface area (Å²) in [7, 11) is 0. The molecule has 0 fully saturated rings. The second kappa shape index (κ2) is 7.74. The number of fused-ring (bicyclic) bond motifs is 8. The van der Waals surface area contributed by atoms with Gasteiger partial charge in [0, 0.05) is 27.3 Å². The molecule has 0 unspecified atom stereocenters. The molecular formula is C34H20N2O. The summed E-state index contributed by atoms with van der Waals surface area (Å²) >= 11 is 0. The van der Waals surface area contributed by atoms with Gasteiger partial charge in [-0.05, 0) is 45.8 Å². The Balaban J connectivity index is 1.48. The third-order valence-corrected chi connectivity index (χ3v) is 7.28. The zero-order valence-corrected chi connectivity index (χ0v) is 19.8. The van der Waals surface area contributed by atoms with Crippen LogP contribution in [0.1, 0.15) is 0 Å². The van der Waals surface area contributed by atoms with E-state index >= 15 is 0 Å². The summed E-state index contributed by atoms with van der Waals surface area (Å²) in [6.45, 7) is 0. The van der Waals surface area contributed by atoms with E-state index in [0.717, 1.165) is 71.6 Å². The van der Waals surface area contributed by atoms with Gasteiger partial charge in [-0.2, -0.15) is 0 Å². The molecule has 6 aromatic carbocycles. The molecule has 3 heteroatoms. The van der Waals surface area contributed by atoms with Crippen LogP contribution in [0.2, 0.25) is 0 Å². The summed E-state index contributed by atoms with van der Waals surface area (Å²) in [6, 6.07) is 41.9. The minimum atomic E-state index is 0.722. The minimum absolute atomic E-state index is 0.722. The molecule has 0 aliphatic carbocycles. The van der Waals surface area contributed by atoms with Crippen LogP contribution < -0.4 is 0 Å². The lowest BCUT2D eigenvalue weighted by Gasteiger charge is -2.13. The Morgan fingerprint density at radius 1 is 0.459 bits per heavy atom. The van der Waals surface area contributed by atoms with Crippen LogP contribution in [0.3, 0.4) is 0 Å². The van der Waals surface area contributed by atoms with Crippen molar-refractivity contribution in [2.45, 2.75) is 0 Å². The van der Waals surface area contributed by atoms with Crippen molar-refractivity contribution in [1.29, 1.82) is 0 Å². The van der Waals surface area contributed by atoms with Gasteiger partial charge < -0.3 is 4.42 Å². The molecule has 0 saturated heterocycles. The molecule has 172 valence electrons. The number of nitrogens with zero attached hydrogens (tertiary/aromatic N) is 2. The van der Waals surface area contributed by atoms with Gasteiger partial charge in [-0.25, -0.2) is 9.97 Å². The third kappa shape index (κ3) is 3.01. The first kappa shape index (κ1) is 20.2. The lowest BCUT2D eigenvalue weighted by Crippen LogP contribution is -1.96. The molecule has 0 spiro atoms. The van der Waals surface area contributed by atoms with Crippen molar-refractivity contribution in [3.05, 3.63) is 121 Å². The molecule has 2 heterocycles. The number of benzene rings is 6. The molecule has 2 aromatic heterocycles. The Kier molecular flexibility index (Phi) is 4.23. The topological polar surface area (TPSA) is 38.9 Å². The average Bonchev–Trinajstić information content (AvgIpc) is 3.36. The van der Waals surface area contributed by atoms with Crippen molar-refractivity contribution in [3.8, 4) is 22.6 Å². The molecular weight excluding hydrogens is 452 g/mol. The lowest BCUT2D eigenvalue weighted by molar-refractivity contribution is 0.669. The van der Waals surface area contributed by atoms with Crippen LogP contribution in [0, 0.1) is 0 Å². The van der Waals surface area contributed by atoms with Crippen molar-refractivity contribution in [2.75, 3.05) is 0 Å². The monoisotopic (exact) mass is 472 g/mol. The fourth-order valence-corrected chi connectivity index (χ4v) is 5.60. The standard InChI is InChI=1S/C34H20N2O/c1-2-10-22(11-3-1)33-32-23-12-5-4-9-21(23)17-19-28(32)35-34(36-33)26-15-8-14-25-24(26)18-20-30-31(25)27-13-6-7-16-29(27)37-30/h1-20H. The Morgan fingerprint density at radius 3 is 2.16 bits per heavy atom. The van der Waals surface area contributed by atoms with Crippen LogP contribution in [0.15, 0.2) is 126 Å². The molecule has 3 nitrogen and oxygen atoms in total. The summed E-state index contributed by atoms with van der Waals surface area (Å²) in [4.78, 5) is 10.4. The highest BCUT2D eigenvalue weighted by Gasteiger charge is 2.17. The number of aromatic nitrogens is 2. The second-order valence-electron chi connectivity index (χ2n) is 9.38. The predicted octanol–water partition coefficient (Wildman–Crippen LogP) is 9.17. The van der Waals surface area contributed by atoms with Crippen LogP contribution in [-0.2, 0) is 0 Å². The van der Waals surface area contributed by atoms with E-state index < -0.39 is 0 Å². The third-order valence-electron chi connectivity index (χ3n) is 7.28. The molecule has 0 N–H and O–H groups in total. The molecule has 37 heavy (non-hydrogen) atoms. The van der Waals surface area contributed by atoms with Crippen molar-refractivity contribution in [1.82, 2.24) is 9.97 Å². The van der Waals surface area contributed by atoms with Crippen LogP contribution >= 0.6 is 0 Å². The van der Waals surface area contributed by atoms with Gasteiger partial charge in [-0.15, -0.1) is 0 Å². The quantitative estimate of drug-likeness (QED) is 0.235. The summed E-state index contributed by atoms with van der Waals surface area (Å²) in [5, 5.41) is 7.93. The van der Waals surface area contributed by atoms with Crippen molar-refractivity contribution < 1.29 is 4.42 Å². The zero-order valence-electron chi connectivity index (χ0n) is 19.8. The smallest absolute Gasteiger partial charge is 0.161 e. The van der Waals surface area contributed by atoms with Gasteiger partial charge in [0.2, 0.25) is 0 Å². The molecule has 0 aliphatic rings. The van der Waals surface area contributed by atoms with Gasteiger partial charge in [-0.3, -0.25) is 0 Å². The Bertz CT molecular complexity index is 2140. The highest BCUT2D eigenvalue weighted by molar-refractivity contribution is 6.21. The molecule has 0 atom stereocenters. The number of hydrogen-bond acceptors (Lipinski definition) is 3. The maximum absolute atomic E-state index is 6.15. The maximum Gasteiger partial charge on any atom is 0.161 e. The molecule has 8 rings (SSSR count). The van der Waals surface area contributed by atoms with E-state index in [0.29, 0.717) is 0 Å². The van der Waals surface area contributed by atoms with Crippen LogP contribution in [0.4, 0.5) is 0 Å². The first-order valence-electron chi connectivity index (χ1n) is 12.4. The molecule has 0 aliphatic heterocycles. The number of hydrogen-bond donors (Lipinski definition) is 0. The Morgan fingerprint density at radius 2 is 1.24 bits per heavy atom. The van der Waals surface area contributed by atoms with Crippen LogP contribution in [0.25, 0.3) is 77.0 Å². The van der Waals surface area contributed by atoms with Crippen molar-refractivity contribution in [2.24, 2.45) is 0 Å². The maximum atomic E-state index is 6.15. The molecule has 0 saturated carbocycles.